The van der Waals surface area contributed by atoms with Gasteiger partial charge in [0.2, 0.25) is 0 Å². The summed E-state index contributed by atoms with van der Waals surface area (Å²) in [6.07, 6.45) is 2.16. The number of carbonyl (C=O) groups excluding carboxylic acids is 1. The summed E-state index contributed by atoms with van der Waals surface area (Å²) in [6, 6.07) is 16.1. The largest absolute Gasteiger partial charge is 0.397 e. The highest BCUT2D eigenvalue weighted by molar-refractivity contribution is 5.96. The first-order chi connectivity index (χ1) is 10.6. The maximum atomic E-state index is 12.0. The summed E-state index contributed by atoms with van der Waals surface area (Å²) in [7, 11) is 2.00. The molecule has 0 bridgehead atoms. The number of anilines is 2. The average Bonchev–Trinajstić information content (AvgIpc) is 3.32. The number of hydrogen-bond acceptors (Lipinski definition) is 3. The van der Waals surface area contributed by atoms with Gasteiger partial charge in [-0.15, -0.1) is 0 Å². The quantitative estimate of drug-likeness (QED) is 0.834. The van der Waals surface area contributed by atoms with Crippen LogP contribution in [-0.4, -0.2) is 19.0 Å². The molecular formula is C18H21N3O. The molecule has 3 rings (SSSR count). The van der Waals surface area contributed by atoms with Crippen LogP contribution in [0.4, 0.5) is 11.4 Å². The molecule has 0 unspecified atom stereocenters. The molecule has 1 saturated carbocycles. The monoisotopic (exact) mass is 295 g/mol. The molecule has 22 heavy (non-hydrogen) atoms. The van der Waals surface area contributed by atoms with Crippen LogP contribution in [0, 0.1) is 0 Å². The van der Waals surface area contributed by atoms with Gasteiger partial charge in [0.05, 0.1) is 11.4 Å². The van der Waals surface area contributed by atoms with Crippen molar-refractivity contribution in [2.75, 3.05) is 17.7 Å². The number of nitrogen functional groups attached to an aromatic ring is 1. The van der Waals surface area contributed by atoms with Crippen LogP contribution in [0.1, 0.15) is 28.8 Å². The number of rotatable bonds is 5. The van der Waals surface area contributed by atoms with Crippen molar-refractivity contribution in [3.63, 3.8) is 0 Å². The molecule has 2 aromatic rings. The lowest BCUT2D eigenvalue weighted by Crippen LogP contribution is -2.25. The summed E-state index contributed by atoms with van der Waals surface area (Å²) in [5.74, 6) is -0.0357. The molecule has 0 aromatic heterocycles. The first-order valence-corrected chi connectivity index (χ1v) is 7.59. The number of nitrogens with two attached hydrogens (primary N) is 1. The van der Waals surface area contributed by atoms with Crippen molar-refractivity contribution in [2.24, 2.45) is 0 Å². The van der Waals surface area contributed by atoms with E-state index >= 15 is 0 Å². The lowest BCUT2D eigenvalue weighted by molar-refractivity contribution is 0.0951. The molecule has 0 spiro atoms. The van der Waals surface area contributed by atoms with E-state index in [1.54, 1.807) is 6.07 Å². The predicted molar refractivity (Wildman–Crippen MR) is 89.9 cm³/mol. The van der Waals surface area contributed by atoms with Crippen molar-refractivity contribution in [3.05, 3.63) is 59.7 Å². The third-order valence-electron chi connectivity index (χ3n) is 3.88. The van der Waals surface area contributed by atoms with E-state index in [0.29, 0.717) is 17.3 Å². The molecule has 1 aliphatic rings. The number of nitrogens with zero attached hydrogens (tertiary/aromatic N) is 1. The molecule has 4 heteroatoms. The summed E-state index contributed by atoms with van der Waals surface area (Å²) >= 11 is 0. The number of amides is 1. The highest BCUT2D eigenvalue weighted by atomic mass is 16.1. The Kier molecular flexibility index (Phi) is 4.00. The van der Waals surface area contributed by atoms with Crippen LogP contribution in [0.5, 0.6) is 0 Å². The van der Waals surface area contributed by atoms with Crippen LogP contribution in [0.15, 0.2) is 48.5 Å². The summed E-state index contributed by atoms with van der Waals surface area (Å²) in [6.45, 7) is 0.776. The summed E-state index contributed by atoms with van der Waals surface area (Å²) in [4.78, 5) is 14.1. The van der Waals surface area contributed by atoms with E-state index < -0.39 is 0 Å². The first-order valence-electron chi connectivity index (χ1n) is 7.59. The SMILES string of the molecule is CN(Cc1ccccc1)c1ccc(C(=O)NC2CC2)cc1N. The lowest BCUT2D eigenvalue weighted by Gasteiger charge is -2.21. The van der Waals surface area contributed by atoms with Crippen molar-refractivity contribution >= 4 is 17.3 Å². The Balaban J connectivity index is 1.72. The second kappa shape index (κ2) is 6.10. The van der Waals surface area contributed by atoms with Gasteiger partial charge in [-0.1, -0.05) is 30.3 Å². The zero-order chi connectivity index (χ0) is 15.5. The second-order valence-corrected chi connectivity index (χ2v) is 5.86. The molecule has 0 aliphatic heterocycles. The zero-order valence-electron chi connectivity index (χ0n) is 12.8. The average molecular weight is 295 g/mol. The molecule has 1 aliphatic carbocycles. The predicted octanol–water partition coefficient (Wildman–Crippen LogP) is 2.80. The zero-order valence-corrected chi connectivity index (χ0v) is 12.8. The fourth-order valence-electron chi connectivity index (χ4n) is 2.48. The number of carbonyl (C=O) groups is 1. The fourth-order valence-corrected chi connectivity index (χ4v) is 2.48. The van der Waals surface area contributed by atoms with E-state index in [-0.39, 0.29) is 5.91 Å². The second-order valence-electron chi connectivity index (χ2n) is 5.86. The Morgan fingerprint density at radius 3 is 2.59 bits per heavy atom. The molecule has 4 nitrogen and oxygen atoms in total. The van der Waals surface area contributed by atoms with E-state index in [0.717, 1.165) is 25.1 Å². The summed E-state index contributed by atoms with van der Waals surface area (Å²) < 4.78 is 0. The van der Waals surface area contributed by atoms with Crippen molar-refractivity contribution < 1.29 is 4.79 Å². The minimum absolute atomic E-state index is 0.0357. The van der Waals surface area contributed by atoms with Crippen molar-refractivity contribution in [2.45, 2.75) is 25.4 Å². The molecular weight excluding hydrogens is 274 g/mol. The Morgan fingerprint density at radius 1 is 1.23 bits per heavy atom. The number of benzene rings is 2. The maximum Gasteiger partial charge on any atom is 0.251 e. The van der Waals surface area contributed by atoms with Gasteiger partial charge in [-0.3, -0.25) is 4.79 Å². The molecule has 3 N–H and O–H groups in total. The summed E-state index contributed by atoms with van der Waals surface area (Å²) in [5, 5.41) is 2.98. The molecule has 1 amide bonds. The van der Waals surface area contributed by atoms with Crippen molar-refractivity contribution in [3.8, 4) is 0 Å². The molecule has 0 heterocycles. The van der Waals surface area contributed by atoms with Crippen molar-refractivity contribution in [1.82, 2.24) is 5.32 Å². The molecule has 1 fully saturated rings. The van der Waals surface area contributed by atoms with Crippen LogP contribution >= 0.6 is 0 Å². The summed E-state index contributed by atoms with van der Waals surface area (Å²) in [5.41, 5.74) is 9.55. The van der Waals surface area contributed by atoms with Crippen LogP contribution in [-0.2, 0) is 6.54 Å². The Labute approximate surface area is 130 Å². The highest BCUT2D eigenvalue weighted by Gasteiger charge is 2.24. The Bertz CT molecular complexity index is 665. The van der Waals surface area contributed by atoms with Crippen LogP contribution in [0.2, 0.25) is 0 Å². The van der Waals surface area contributed by atoms with Gasteiger partial charge in [-0.25, -0.2) is 0 Å². The van der Waals surface area contributed by atoms with Gasteiger partial charge in [0.25, 0.3) is 5.91 Å². The minimum atomic E-state index is -0.0357. The van der Waals surface area contributed by atoms with Crippen LogP contribution < -0.4 is 16.0 Å². The Hall–Kier alpha value is -2.49. The van der Waals surface area contributed by atoms with E-state index in [1.807, 2.05) is 37.4 Å². The van der Waals surface area contributed by atoms with Crippen LogP contribution in [0.3, 0.4) is 0 Å². The normalized spacial score (nSPS) is 13.7. The molecule has 114 valence electrons. The van der Waals surface area contributed by atoms with Crippen molar-refractivity contribution in [1.29, 1.82) is 0 Å². The third kappa shape index (κ3) is 3.39. The molecule has 0 atom stereocenters. The molecule has 2 aromatic carbocycles. The minimum Gasteiger partial charge on any atom is -0.397 e. The lowest BCUT2D eigenvalue weighted by atomic mass is 10.1. The van der Waals surface area contributed by atoms with E-state index in [2.05, 4.69) is 22.3 Å². The number of hydrogen-bond donors (Lipinski definition) is 2. The smallest absolute Gasteiger partial charge is 0.251 e. The topological polar surface area (TPSA) is 58.4 Å². The standard InChI is InChI=1S/C18H21N3O/c1-21(12-13-5-3-2-4-6-13)17-10-7-14(11-16(17)19)18(22)20-15-8-9-15/h2-7,10-11,15H,8-9,12,19H2,1H3,(H,20,22). The van der Waals surface area contributed by atoms with Crippen LogP contribution in [0.25, 0.3) is 0 Å². The highest BCUT2D eigenvalue weighted by Crippen LogP contribution is 2.26. The van der Waals surface area contributed by atoms with Gasteiger partial charge in [-0.2, -0.15) is 0 Å². The van der Waals surface area contributed by atoms with E-state index in [9.17, 15) is 4.79 Å². The Morgan fingerprint density at radius 2 is 1.95 bits per heavy atom. The van der Waals surface area contributed by atoms with Gasteiger partial charge >= 0.3 is 0 Å². The van der Waals surface area contributed by atoms with Gasteiger partial charge in [-0.05, 0) is 36.6 Å². The molecule has 0 saturated heterocycles. The first kappa shape index (κ1) is 14.4. The van der Waals surface area contributed by atoms with E-state index in [1.165, 1.54) is 5.56 Å². The number of nitrogens with one attached hydrogen (secondary N) is 1. The van der Waals surface area contributed by atoms with Gasteiger partial charge < -0.3 is 16.0 Å². The fraction of sp³-hybridized carbons (Fsp3) is 0.278. The van der Waals surface area contributed by atoms with Gasteiger partial charge in [0.1, 0.15) is 0 Å². The van der Waals surface area contributed by atoms with Gasteiger partial charge in [0.15, 0.2) is 0 Å². The van der Waals surface area contributed by atoms with Gasteiger partial charge in [0, 0.05) is 25.2 Å². The maximum absolute atomic E-state index is 12.0. The third-order valence-corrected chi connectivity index (χ3v) is 3.88. The van der Waals surface area contributed by atoms with E-state index in [4.69, 9.17) is 5.73 Å². The molecule has 0 radical (unpaired) electrons.